The minimum absolute atomic E-state index is 0.148. The maximum Gasteiger partial charge on any atom is 0.364 e. The Bertz CT molecular complexity index is 1430. The Morgan fingerprint density at radius 2 is 1.18 bits per heavy atom. The molecule has 2 saturated heterocycles. The van der Waals surface area contributed by atoms with Crippen molar-refractivity contribution in [2.75, 3.05) is 26.4 Å². The second-order valence-corrected chi connectivity index (χ2v) is 20.8. The lowest BCUT2D eigenvalue weighted by Gasteiger charge is -2.47. The number of nitrogens with one attached hydrogen (secondary N) is 2. The van der Waals surface area contributed by atoms with E-state index < -0.39 is 136 Å². The molecule has 2 heterocycles. The lowest BCUT2D eigenvalue weighted by molar-refractivity contribution is -0.339. The third kappa shape index (κ3) is 24.7. The van der Waals surface area contributed by atoms with Gasteiger partial charge >= 0.3 is 5.97 Å². The predicted molar refractivity (Wildman–Crippen MR) is 267 cm³/mol. The van der Waals surface area contributed by atoms with Gasteiger partial charge in [0.15, 0.2) is 6.29 Å². The second-order valence-electron chi connectivity index (χ2n) is 20.8. The van der Waals surface area contributed by atoms with Gasteiger partial charge in [-0.05, 0) is 18.8 Å². The molecule has 0 aromatic carbocycles. The summed E-state index contributed by atoms with van der Waals surface area (Å²) in [6.45, 7) is 3.11. The zero-order valence-corrected chi connectivity index (χ0v) is 43.8. The Labute approximate surface area is 428 Å². The average Bonchev–Trinajstić information content (AvgIpc) is 3.35. The molecule has 2 fully saturated rings. The number of rotatable bonds is 42. The monoisotopic (exact) mass is 1040 g/mol. The first-order chi connectivity index (χ1) is 34.4. The van der Waals surface area contributed by atoms with Gasteiger partial charge in [-0.15, -0.1) is 0 Å². The van der Waals surface area contributed by atoms with Crippen molar-refractivity contribution in [3.8, 4) is 0 Å². The number of unbranched alkanes of at least 4 members (excludes halogenated alkanes) is 21. The molecule has 0 unspecified atom stereocenters. The van der Waals surface area contributed by atoms with Gasteiger partial charge in [0.05, 0.1) is 44.1 Å². The summed E-state index contributed by atoms with van der Waals surface area (Å²) in [5, 5.41) is 121. The molecule has 0 aromatic heterocycles. The number of aliphatic hydroxyl groups excluding tert-OH is 10. The molecular weight excluding hydrogens is 941 g/mol. The molecule has 424 valence electrons. The van der Waals surface area contributed by atoms with Crippen LogP contribution in [-0.2, 0) is 33.3 Å². The molecule has 0 spiro atoms. The molecule has 0 radical (unpaired) electrons. The average molecular weight is 1040 g/mol. The molecule has 72 heavy (non-hydrogen) atoms. The summed E-state index contributed by atoms with van der Waals surface area (Å²) in [6, 6.07) is -2.83. The van der Waals surface area contributed by atoms with E-state index in [0.717, 1.165) is 51.4 Å². The zero-order valence-electron chi connectivity index (χ0n) is 43.8. The highest BCUT2D eigenvalue weighted by molar-refractivity contribution is 5.78. The number of carboxylic acids is 1. The molecule has 14 atom stereocenters. The van der Waals surface area contributed by atoms with Crippen molar-refractivity contribution in [1.82, 2.24) is 10.6 Å². The number of carbonyl (C=O) groups excluding carboxylic acids is 2. The molecule has 0 bridgehead atoms. The minimum atomic E-state index is -2.86. The number of hydrogen-bond acceptors (Lipinski definition) is 17. The fraction of sp³-hybridized carbons (Fsp3) is 0.942. The fourth-order valence-electron chi connectivity index (χ4n) is 9.45. The normalized spacial score (nSPS) is 26.8. The van der Waals surface area contributed by atoms with E-state index in [2.05, 4.69) is 31.4 Å². The van der Waals surface area contributed by atoms with Crippen LogP contribution in [0.15, 0.2) is 0 Å². The van der Waals surface area contributed by atoms with E-state index in [1.54, 1.807) is 0 Å². The first-order valence-corrected chi connectivity index (χ1v) is 27.5. The van der Waals surface area contributed by atoms with Gasteiger partial charge in [-0.2, -0.15) is 0 Å². The van der Waals surface area contributed by atoms with Crippen molar-refractivity contribution in [2.45, 2.75) is 279 Å². The Balaban J connectivity index is 2.07. The van der Waals surface area contributed by atoms with Gasteiger partial charge in [0.25, 0.3) is 5.79 Å². The van der Waals surface area contributed by atoms with Crippen LogP contribution in [0.1, 0.15) is 194 Å². The molecule has 20 heteroatoms. The van der Waals surface area contributed by atoms with Gasteiger partial charge in [0.2, 0.25) is 11.8 Å². The minimum Gasteiger partial charge on any atom is -0.477 e. The molecule has 0 aromatic rings. The maximum absolute atomic E-state index is 13.3. The van der Waals surface area contributed by atoms with Crippen molar-refractivity contribution in [2.24, 2.45) is 5.92 Å². The first kappa shape index (κ1) is 66.0. The first-order valence-electron chi connectivity index (χ1n) is 27.5. The molecule has 2 amide bonds. The second kappa shape index (κ2) is 37.6. The van der Waals surface area contributed by atoms with E-state index >= 15 is 0 Å². The standard InChI is InChI=1S/C52H98N2O18/c1-4-5-6-7-8-9-10-11-12-13-14-15-20-23-26-29-41(60)53-36(44(62)37(57)28-25-22-19-17-16-18-21-24-27-35(2)3)33-69-50-48(66)47(65)46(64)40(71-50)34-70-52(51(67)68)30-38(58)43(54-42(61)32-56)49(72-52)45(63)39(59)31-55/h35-40,43-50,55-59,62-66H,4-34H2,1-3H3,(H,53,60)(H,54,61)(H,67,68)/t36-,37+,38-,39+,40+,43+,44-,45+,46+,47-,48+,49+,50+,52+/m0/s1. The van der Waals surface area contributed by atoms with E-state index in [4.69, 9.17) is 18.9 Å². The van der Waals surface area contributed by atoms with Crippen LogP contribution >= 0.6 is 0 Å². The maximum atomic E-state index is 13.3. The number of aliphatic hydroxyl groups is 10. The Morgan fingerprint density at radius 3 is 1.68 bits per heavy atom. The molecule has 2 rings (SSSR count). The summed E-state index contributed by atoms with van der Waals surface area (Å²) in [4.78, 5) is 38.1. The predicted octanol–water partition coefficient (Wildman–Crippen LogP) is 2.97. The van der Waals surface area contributed by atoms with Gasteiger partial charge in [0.1, 0.15) is 55.4 Å². The van der Waals surface area contributed by atoms with Crippen LogP contribution < -0.4 is 10.6 Å². The highest BCUT2D eigenvalue weighted by atomic mass is 16.7. The third-order valence-corrected chi connectivity index (χ3v) is 14.1. The number of aliphatic carboxylic acids is 1. The van der Waals surface area contributed by atoms with Crippen molar-refractivity contribution < 1.29 is 89.5 Å². The summed E-state index contributed by atoms with van der Waals surface area (Å²) in [5.41, 5.74) is 0. The largest absolute Gasteiger partial charge is 0.477 e. The lowest BCUT2D eigenvalue weighted by atomic mass is 9.88. The van der Waals surface area contributed by atoms with Crippen LogP contribution in [0.2, 0.25) is 0 Å². The molecule has 0 aliphatic carbocycles. The quantitative estimate of drug-likeness (QED) is 0.0391. The summed E-state index contributed by atoms with van der Waals surface area (Å²) in [6.07, 6.45) is 6.51. The van der Waals surface area contributed by atoms with Crippen molar-refractivity contribution in [1.29, 1.82) is 0 Å². The van der Waals surface area contributed by atoms with Crippen LogP contribution in [0, 0.1) is 5.92 Å². The van der Waals surface area contributed by atoms with Gasteiger partial charge in [-0.1, -0.05) is 168 Å². The highest BCUT2D eigenvalue weighted by Crippen LogP contribution is 2.35. The number of ether oxygens (including phenoxy) is 4. The van der Waals surface area contributed by atoms with Crippen LogP contribution in [0.5, 0.6) is 0 Å². The molecule has 2 aliphatic heterocycles. The smallest absolute Gasteiger partial charge is 0.364 e. The van der Waals surface area contributed by atoms with Crippen LogP contribution in [-0.4, -0.2) is 186 Å². The van der Waals surface area contributed by atoms with E-state index in [1.807, 2.05) is 0 Å². The third-order valence-electron chi connectivity index (χ3n) is 14.1. The number of amides is 2. The molecule has 0 saturated carbocycles. The van der Waals surface area contributed by atoms with Crippen molar-refractivity contribution in [3.05, 3.63) is 0 Å². The van der Waals surface area contributed by atoms with Crippen molar-refractivity contribution in [3.63, 3.8) is 0 Å². The summed E-state index contributed by atoms with van der Waals surface area (Å²) in [7, 11) is 0. The molecule has 13 N–H and O–H groups in total. The van der Waals surface area contributed by atoms with Gasteiger partial charge < -0.3 is 85.8 Å². The lowest BCUT2D eigenvalue weighted by Crippen LogP contribution is -2.68. The summed E-state index contributed by atoms with van der Waals surface area (Å²) >= 11 is 0. The number of hydrogen-bond donors (Lipinski definition) is 13. The molecular formula is C52H98N2O18. The summed E-state index contributed by atoms with van der Waals surface area (Å²) < 4.78 is 22.8. The van der Waals surface area contributed by atoms with Gasteiger partial charge in [-0.3, -0.25) is 9.59 Å². The Hall–Kier alpha value is -2.15. The van der Waals surface area contributed by atoms with Crippen LogP contribution in [0.4, 0.5) is 0 Å². The van der Waals surface area contributed by atoms with Gasteiger partial charge in [-0.25, -0.2) is 4.79 Å². The SMILES string of the molecule is CCCCCCCCCCCCCCCCCC(=O)N[C@@H](CO[C@@H]1O[C@H](CO[C@]2(C(=O)O)C[C@H](O)[C@@H](NC(=O)CO)[C@H]([C@H](O)[C@H](O)CO)O2)[C@@H](O)[C@H](O)[C@H]1O)[C@H](O)[C@H](O)CCCCCCCCCCC(C)C. The fourth-order valence-corrected chi connectivity index (χ4v) is 9.45. The van der Waals surface area contributed by atoms with E-state index in [0.29, 0.717) is 18.8 Å². The van der Waals surface area contributed by atoms with Crippen LogP contribution in [0.3, 0.4) is 0 Å². The Kier molecular flexibility index (Phi) is 34.4. The zero-order chi connectivity index (χ0) is 53.5. The number of carbonyl (C=O) groups is 3. The van der Waals surface area contributed by atoms with E-state index in [-0.39, 0.29) is 12.8 Å². The highest BCUT2D eigenvalue weighted by Gasteiger charge is 2.57. The van der Waals surface area contributed by atoms with E-state index in [9.17, 15) is 70.6 Å². The Morgan fingerprint density at radius 1 is 0.667 bits per heavy atom. The van der Waals surface area contributed by atoms with Crippen LogP contribution in [0.25, 0.3) is 0 Å². The summed E-state index contributed by atoms with van der Waals surface area (Å²) in [5.74, 6) is -5.48. The number of carboxylic acid groups (broad SMARTS) is 1. The molecule has 2 aliphatic rings. The topological polar surface area (TPSA) is 335 Å². The molecule has 20 nitrogen and oxygen atoms in total. The van der Waals surface area contributed by atoms with Crippen molar-refractivity contribution >= 4 is 17.8 Å². The van der Waals surface area contributed by atoms with Gasteiger partial charge in [0, 0.05) is 12.8 Å². The van der Waals surface area contributed by atoms with E-state index in [1.165, 1.54) is 89.9 Å².